The number of rotatable bonds is 9. The second kappa shape index (κ2) is 10.6. The second-order valence-corrected chi connectivity index (χ2v) is 5.78. The first-order valence-electron chi connectivity index (χ1n) is 8.55. The molecule has 2 N–H and O–H groups in total. The number of carbonyl (C=O) groups is 3. The minimum absolute atomic E-state index is 0.237. The van der Waals surface area contributed by atoms with Crippen LogP contribution < -0.4 is 20.1 Å². The molecule has 2 rings (SSSR count). The van der Waals surface area contributed by atoms with Gasteiger partial charge in [0.05, 0.1) is 7.11 Å². The van der Waals surface area contributed by atoms with Crippen LogP contribution in [0.1, 0.15) is 6.92 Å². The highest BCUT2D eigenvalue weighted by Gasteiger charge is 2.18. The molecule has 0 heterocycles. The molecule has 0 aromatic heterocycles. The number of para-hydroxylation sites is 1. The molecule has 2 aromatic carbocycles. The second-order valence-electron chi connectivity index (χ2n) is 5.78. The summed E-state index contributed by atoms with van der Waals surface area (Å²) in [4.78, 5) is 35.6. The zero-order valence-corrected chi connectivity index (χ0v) is 15.6. The SMILES string of the molecule is COc1ccc(NC(=O)COC(=O)[C@H](C)NC(=O)COc2ccccc2)cc1. The third kappa shape index (κ3) is 6.99. The quantitative estimate of drug-likeness (QED) is 0.637. The van der Waals surface area contributed by atoms with Gasteiger partial charge in [-0.15, -0.1) is 0 Å². The molecule has 0 fully saturated rings. The lowest BCUT2D eigenvalue weighted by molar-refractivity contribution is -0.150. The molecule has 2 aromatic rings. The summed E-state index contributed by atoms with van der Waals surface area (Å²) in [7, 11) is 1.54. The smallest absolute Gasteiger partial charge is 0.328 e. The van der Waals surface area contributed by atoms with Crippen molar-refractivity contribution in [3.63, 3.8) is 0 Å². The number of methoxy groups -OCH3 is 1. The van der Waals surface area contributed by atoms with Gasteiger partial charge in [0, 0.05) is 5.69 Å². The van der Waals surface area contributed by atoms with Crippen molar-refractivity contribution in [3.05, 3.63) is 54.6 Å². The molecular formula is C20H22N2O6. The van der Waals surface area contributed by atoms with Gasteiger partial charge in [-0.1, -0.05) is 18.2 Å². The molecule has 0 saturated carbocycles. The number of esters is 1. The maximum atomic E-state index is 11.9. The van der Waals surface area contributed by atoms with Crippen molar-refractivity contribution >= 4 is 23.5 Å². The first-order valence-corrected chi connectivity index (χ1v) is 8.55. The highest BCUT2D eigenvalue weighted by molar-refractivity contribution is 5.93. The van der Waals surface area contributed by atoms with Gasteiger partial charge in [-0.05, 0) is 43.3 Å². The van der Waals surface area contributed by atoms with Gasteiger partial charge in [0.15, 0.2) is 13.2 Å². The fourth-order valence-corrected chi connectivity index (χ4v) is 2.14. The number of nitrogens with one attached hydrogen (secondary N) is 2. The van der Waals surface area contributed by atoms with Crippen LogP contribution in [-0.2, 0) is 19.1 Å². The van der Waals surface area contributed by atoms with E-state index in [1.165, 1.54) is 6.92 Å². The van der Waals surface area contributed by atoms with Gasteiger partial charge < -0.3 is 24.8 Å². The maximum absolute atomic E-state index is 11.9. The number of anilines is 1. The van der Waals surface area contributed by atoms with Crippen molar-refractivity contribution in [3.8, 4) is 11.5 Å². The molecular weight excluding hydrogens is 364 g/mol. The highest BCUT2D eigenvalue weighted by atomic mass is 16.5. The number of carbonyl (C=O) groups excluding carboxylic acids is 3. The largest absolute Gasteiger partial charge is 0.497 e. The predicted molar refractivity (Wildman–Crippen MR) is 102 cm³/mol. The fraction of sp³-hybridized carbons (Fsp3) is 0.250. The van der Waals surface area contributed by atoms with Crippen molar-refractivity contribution in [1.29, 1.82) is 0 Å². The summed E-state index contributed by atoms with van der Waals surface area (Å²) in [5.74, 6) is -0.494. The van der Waals surface area contributed by atoms with Crippen LogP contribution in [0.2, 0.25) is 0 Å². The molecule has 0 aliphatic heterocycles. The van der Waals surface area contributed by atoms with Gasteiger partial charge in [-0.25, -0.2) is 4.79 Å². The summed E-state index contributed by atoms with van der Waals surface area (Å²) in [6, 6.07) is 14.6. The Labute approximate surface area is 162 Å². The molecule has 0 unspecified atom stereocenters. The third-order valence-corrected chi connectivity index (χ3v) is 3.56. The molecule has 8 nitrogen and oxygen atoms in total. The van der Waals surface area contributed by atoms with E-state index < -0.39 is 30.4 Å². The summed E-state index contributed by atoms with van der Waals surface area (Å²) in [6.07, 6.45) is 0. The molecule has 28 heavy (non-hydrogen) atoms. The van der Waals surface area contributed by atoms with E-state index >= 15 is 0 Å². The lowest BCUT2D eigenvalue weighted by atomic mass is 10.3. The zero-order chi connectivity index (χ0) is 20.4. The summed E-state index contributed by atoms with van der Waals surface area (Å²) in [6.45, 7) is 0.759. The molecule has 148 valence electrons. The number of amides is 2. The fourth-order valence-electron chi connectivity index (χ4n) is 2.14. The topological polar surface area (TPSA) is 103 Å². The molecule has 0 aliphatic rings. The van der Waals surface area contributed by atoms with Gasteiger partial charge in [0.25, 0.3) is 11.8 Å². The van der Waals surface area contributed by atoms with Gasteiger partial charge in [0.1, 0.15) is 17.5 Å². The lowest BCUT2D eigenvalue weighted by Crippen LogP contribution is -2.42. The van der Waals surface area contributed by atoms with Crippen LogP contribution in [0.3, 0.4) is 0 Å². The standard InChI is InChI=1S/C20H22N2O6/c1-14(21-18(23)12-27-17-6-4-3-5-7-17)20(25)28-13-19(24)22-15-8-10-16(26-2)11-9-15/h3-11,14H,12-13H2,1-2H3,(H,21,23)(H,22,24)/t14-/m0/s1. The van der Waals surface area contributed by atoms with Crippen molar-refractivity contribution in [2.45, 2.75) is 13.0 Å². The molecule has 0 aliphatic carbocycles. The predicted octanol–water partition coefficient (Wildman–Crippen LogP) is 1.76. The Kier molecular flexibility index (Phi) is 7.83. The van der Waals surface area contributed by atoms with E-state index in [2.05, 4.69) is 10.6 Å². The Balaban J connectivity index is 1.69. The summed E-state index contributed by atoms with van der Waals surface area (Å²) < 4.78 is 15.2. The summed E-state index contributed by atoms with van der Waals surface area (Å²) >= 11 is 0. The van der Waals surface area contributed by atoms with Crippen molar-refractivity contribution in [2.24, 2.45) is 0 Å². The highest BCUT2D eigenvalue weighted by Crippen LogP contribution is 2.14. The number of hydrogen-bond acceptors (Lipinski definition) is 6. The van der Waals surface area contributed by atoms with Gasteiger partial charge in [0.2, 0.25) is 0 Å². The molecule has 0 spiro atoms. The molecule has 2 amide bonds. The van der Waals surface area contributed by atoms with E-state index in [1.54, 1.807) is 55.6 Å². The minimum atomic E-state index is -0.916. The Morgan fingerprint density at radius 1 is 0.893 bits per heavy atom. The first kappa shape index (κ1) is 20.8. The maximum Gasteiger partial charge on any atom is 0.328 e. The molecule has 0 bridgehead atoms. The van der Waals surface area contributed by atoms with E-state index in [4.69, 9.17) is 14.2 Å². The summed E-state index contributed by atoms with van der Waals surface area (Å²) in [5, 5.41) is 5.04. The van der Waals surface area contributed by atoms with Crippen molar-refractivity contribution in [2.75, 3.05) is 25.6 Å². The van der Waals surface area contributed by atoms with E-state index in [-0.39, 0.29) is 6.61 Å². The zero-order valence-electron chi connectivity index (χ0n) is 15.6. The Bertz CT molecular complexity index is 792. The van der Waals surface area contributed by atoms with E-state index in [0.29, 0.717) is 17.2 Å². The normalized spacial score (nSPS) is 11.1. The monoisotopic (exact) mass is 386 g/mol. The number of hydrogen-bond donors (Lipinski definition) is 2. The Hall–Kier alpha value is -3.55. The van der Waals surface area contributed by atoms with Crippen LogP contribution in [0, 0.1) is 0 Å². The van der Waals surface area contributed by atoms with Crippen LogP contribution in [0.5, 0.6) is 11.5 Å². The van der Waals surface area contributed by atoms with Crippen LogP contribution in [0.15, 0.2) is 54.6 Å². The average molecular weight is 386 g/mol. The molecule has 0 saturated heterocycles. The van der Waals surface area contributed by atoms with E-state index in [1.807, 2.05) is 6.07 Å². The Morgan fingerprint density at radius 2 is 1.57 bits per heavy atom. The van der Waals surface area contributed by atoms with Crippen LogP contribution in [0.25, 0.3) is 0 Å². The Morgan fingerprint density at radius 3 is 2.21 bits per heavy atom. The van der Waals surface area contributed by atoms with Crippen molar-refractivity contribution in [1.82, 2.24) is 5.32 Å². The van der Waals surface area contributed by atoms with Gasteiger partial charge in [-0.2, -0.15) is 0 Å². The van der Waals surface area contributed by atoms with Crippen LogP contribution in [-0.4, -0.2) is 44.1 Å². The number of benzene rings is 2. The third-order valence-electron chi connectivity index (χ3n) is 3.56. The van der Waals surface area contributed by atoms with Gasteiger partial charge in [-0.3, -0.25) is 9.59 Å². The molecule has 8 heteroatoms. The van der Waals surface area contributed by atoms with Gasteiger partial charge >= 0.3 is 5.97 Å². The van der Waals surface area contributed by atoms with E-state index in [9.17, 15) is 14.4 Å². The number of ether oxygens (including phenoxy) is 3. The van der Waals surface area contributed by atoms with E-state index in [0.717, 1.165) is 0 Å². The molecule has 0 radical (unpaired) electrons. The lowest BCUT2D eigenvalue weighted by Gasteiger charge is -2.14. The first-order chi connectivity index (χ1) is 13.5. The van der Waals surface area contributed by atoms with Crippen molar-refractivity contribution < 1.29 is 28.6 Å². The van der Waals surface area contributed by atoms with Crippen LogP contribution in [0.4, 0.5) is 5.69 Å². The summed E-state index contributed by atoms with van der Waals surface area (Å²) in [5.41, 5.74) is 0.543. The average Bonchev–Trinajstić information content (AvgIpc) is 2.71. The van der Waals surface area contributed by atoms with Crippen LogP contribution >= 0.6 is 0 Å². The molecule has 1 atom stereocenters. The minimum Gasteiger partial charge on any atom is -0.497 e.